The molecule has 3 rings (SSSR count). The minimum atomic E-state index is 0.0342. The molecule has 4 nitrogen and oxygen atoms in total. The number of amides is 1. The number of hydrogen-bond donors (Lipinski definition) is 1. The maximum Gasteiger partial charge on any atom is 0.270 e. The Bertz CT molecular complexity index is 649. The third kappa shape index (κ3) is 3.99. The molecule has 24 heavy (non-hydrogen) atoms. The number of nitrogens with one attached hydrogen (secondary N) is 1. The third-order valence-corrected chi connectivity index (χ3v) is 6.03. The van der Waals surface area contributed by atoms with E-state index in [-0.39, 0.29) is 5.91 Å². The molecular formula is C18H23N2O2S2+. The molecule has 0 atom stereocenters. The van der Waals surface area contributed by atoms with Crippen molar-refractivity contribution in [3.8, 4) is 5.75 Å². The first-order valence-electron chi connectivity index (χ1n) is 8.30. The van der Waals surface area contributed by atoms with E-state index in [0.717, 1.165) is 30.3 Å². The molecule has 6 heteroatoms. The van der Waals surface area contributed by atoms with Crippen LogP contribution in [0.5, 0.6) is 5.75 Å². The third-order valence-electron chi connectivity index (χ3n) is 4.65. The van der Waals surface area contributed by atoms with Gasteiger partial charge >= 0.3 is 0 Å². The van der Waals surface area contributed by atoms with Crippen LogP contribution in [-0.2, 0) is 4.79 Å². The number of nitrogens with zero attached hydrogens (tertiary/aromatic N) is 1. The van der Waals surface area contributed by atoms with Crippen molar-refractivity contribution in [3.63, 3.8) is 0 Å². The Hall–Kier alpha value is -1.37. The summed E-state index contributed by atoms with van der Waals surface area (Å²) in [7, 11) is 1.64. The summed E-state index contributed by atoms with van der Waals surface area (Å²) in [5.74, 6) is 1.64. The van der Waals surface area contributed by atoms with Gasteiger partial charge in [-0.1, -0.05) is 43.0 Å². The Kier molecular flexibility index (Phi) is 5.58. The molecule has 0 aliphatic carbocycles. The summed E-state index contributed by atoms with van der Waals surface area (Å²) in [4.78, 5) is 16.6. The molecule has 2 heterocycles. The zero-order valence-electron chi connectivity index (χ0n) is 14.1. The van der Waals surface area contributed by atoms with Crippen molar-refractivity contribution in [1.29, 1.82) is 0 Å². The van der Waals surface area contributed by atoms with E-state index in [0.29, 0.717) is 15.9 Å². The monoisotopic (exact) mass is 363 g/mol. The largest absolute Gasteiger partial charge is 0.497 e. The maximum absolute atomic E-state index is 12.7. The van der Waals surface area contributed by atoms with Crippen molar-refractivity contribution in [2.24, 2.45) is 5.92 Å². The molecule has 0 aromatic heterocycles. The fraction of sp³-hybridized carbons (Fsp3) is 0.444. The van der Waals surface area contributed by atoms with Gasteiger partial charge in [0, 0.05) is 0 Å². The molecule has 0 saturated carbocycles. The summed E-state index contributed by atoms with van der Waals surface area (Å²) in [6.07, 6.45) is 4.37. The second kappa shape index (κ2) is 7.68. The second-order valence-electron chi connectivity index (χ2n) is 6.47. The Morgan fingerprint density at radius 2 is 2.00 bits per heavy atom. The van der Waals surface area contributed by atoms with Crippen LogP contribution in [0, 0.1) is 5.92 Å². The molecule has 2 fully saturated rings. The number of hydrogen-bond acceptors (Lipinski definition) is 4. The first kappa shape index (κ1) is 17.5. The predicted octanol–water partition coefficient (Wildman–Crippen LogP) is 2.17. The fourth-order valence-electron chi connectivity index (χ4n) is 3.04. The van der Waals surface area contributed by atoms with Crippen LogP contribution in [0.4, 0.5) is 0 Å². The Morgan fingerprint density at radius 1 is 1.33 bits per heavy atom. The Morgan fingerprint density at radius 3 is 2.62 bits per heavy atom. The van der Waals surface area contributed by atoms with Crippen LogP contribution in [0.3, 0.4) is 0 Å². The minimum absolute atomic E-state index is 0.0342. The number of carbonyl (C=O) groups excluding carboxylic acids is 1. The molecule has 128 valence electrons. The smallest absolute Gasteiger partial charge is 0.270 e. The van der Waals surface area contributed by atoms with E-state index in [4.69, 9.17) is 17.0 Å². The van der Waals surface area contributed by atoms with Crippen molar-refractivity contribution < 1.29 is 14.4 Å². The maximum atomic E-state index is 12.7. The number of rotatable bonds is 4. The molecule has 1 N–H and O–H groups in total. The number of methoxy groups -OCH3 is 1. The van der Waals surface area contributed by atoms with E-state index in [1.807, 2.05) is 30.3 Å². The summed E-state index contributed by atoms with van der Waals surface area (Å²) in [5.41, 5.74) is 0.982. The molecule has 0 spiro atoms. The van der Waals surface area contributed by atoms with Gasteiger partial charge in [0.1, 0.15) is 5.75 Å². The second-order valence-corrected chi connectivity index (χ2v) is 8.15. The van der Waals surface area contributed by atoms with Crippen LogP contribution in [0.15, 0.2) is 29.2 Å². The van der Waals surface area contributed by atoms with Crippen LogP contribution < -0.4 is 9.64 Å². The van der Waals surface area contributed by atoms with Gasteiger partial charge in [-0.3, -0.25) is 4.79 Å². The molecule has 1 aromatic carbocycles. The highest BCUT2D eigenvalue weighted by Gasteiger charge is 2.35. The van der Waals surface area contributed by atoms with Gasteiger partial charge in [-0.2, -0.15) is 0 Å². The van der Waals surface area contributed by atoms with Crippen molar-refractivity contribution in [2.45, 2.75) is 19.8 Å². The van der Waals surface area contributed by atoms with Gasteiger partial charge in [0.15, 0.2) is 11.0 Å². The number of quaternary nitrogens is 1. The molecule has 1 amide bonds. The average Bonchev–Trinajstić information content (AvgIpc) is 2.85. The zero-order chi connectivity index (χ0) is 17.1. The standard InChI is InChI=1S/C18H22N2O2S2/c1-13-7-9-19(10-8-13)12-20-17(21)16(24-18(20)23)11-14-3-5-15(22-2)6-4-14/h3-6,11,13H,7-10,12H2,1-2H3/p+1/b16-11+. The van der Waals surface area contributed by atoms with Gasteiger partial charge in [-0.05, 0) is 42.5 Å². The molecular weight excluding hydrogens is 340 g/mol. The van der Waals surface area contributed by atoms with Gasteiger partial charge in [0.2, 0.25) is 0 Å². The minimum Gasteiger partial charge on any atom is -0.497 e. The fourth-order valence-corrected chi connectivity index (χ4v) is 4.30. The van der Waals surface area contributed by atoms with Gasteiger partial charge in [-0.15, -0.1) is 0 Å². The Labute approximate surface area is 152 Å². The van der Waals surface area contributed by atoms with Gasteiger partial charge in [-0.25, -0.2) is 4.90 Å². The molecule has 2 aliphatic heterocycles. The number of benzene rings is 1. The lowest BCUT2D eigenvalue weighted by atomic mass is 10.00. The zero-order valence-corrected chi connectivity index (χ0v) is 15.7. The quantitative estimate of drug-likeness (QED) is 0.657. The summed E-state index contributed by atoms with van der Waals surface area (Å²) >= 11 is 6.84. The number of ether oxygens (including phenoxy) is 1. The molecule has 0 unspecified atom stereocenters. The van der Waals surface area contributed by atoms with Gasteiger partial charge in [0.05, 0.1) is 25.1 Å². The van der Waals surface area contributed by atoms with Crippen LogP contribution in [0.25, 0.3) is 6.08 Å². The van der Waals surface area contributed by atoms with Crippen LogP contribution in [0.1, 0.15) is 25.3 Å². The normalized spacial score (nSPS) is 26.2. The van der Waals surface area contributed by atoms with Crippen LogP contribution in [-0.4, -0.2) is 42.0 Å². The average molecular weight is 364 g/mol. The number of thiocarbonyl (C=S) groups is 1. The van der Waals surface area contributed by atoms with E-state index in [2.05, 4.69) is 6.92 Å². The first-order valence-corrected chi connectivity index (χ1v) is 9.52. The summed E-state index contributed by atoms with van der Waals surface area (Å²) in [5, 5.41) is 0. The lowest BCUT2D eigenvalue weighted by Crippen LogP contribution is -3.14. The van der Waals surface area contributed by atoms with Crippen LogP contribution >= 0.6 is 24.0 Å². The predicted molar refractivity (Wildman–Crippen MR) is 102 cm³/mol. The van der Waals surface area contributed by atoms with Crippen molar-refractivity contribution >= 4 is 40.3 Å². The van der Waals surface area contributed by atoms with Crippen molar-refractivity contribution in [2.75, 3.05) is 26.9 Å². The van der Waals surface area contributed by atoms with Crippen LogP contribution in [0.2, 0.25) is 0 Å². The summed E-state index contributed by atoms with van der Waals surface area (Å²) < 4.78 is 5.83. The SMILES string of the molecule is COc1ccc(/C=C2/SC(=S)N(C[NH+]3CCC(C)CC3)C2=O)cc1. The summed E-state index contributed by atoms with van der Waals surface area (Å²) in [6.45, 7) is 5.23. The van der Waals surface area contributed by atoms with E-state index in [9.17, 15) is 4.79 Å². The lowest BCUT2D eigenvalue weighted by molar-refractivity contribution is -0.913. The summed E-state index contributed by atoms with van der Waals surface area (Å²) in [6, 6.07) is 7.68. The van der Waals surface area contributed by atoms with E-state index >= 15 is 0 Å². The van der Waals surface area contributed by atoms with E-state index in [1.165, 1.54) is 29.5 Å². The highest BCUT2D eigenvalue weighted by molar-refractivity contribution is 8.26. The number of likely N-dealkylation sites (tertiary alicyclic amines) is 1. The number of carbonyl (C=O) groups is 1. The number of piperidine rings is 1. The van der Waals surface area contributed by atoms with E-state index in [1.54, 1.807) is 12.0 Å². The topological polar surface area (TPSA) is 34.0 Å². The molecule has 1 aromatic rings. The van der Waals surface area contributed by atoms with Crippen molar-refractivity contribution in [1.82, 2.24) is 4.90 Å². The highest BCUT2D eigenvalue weighted by atomic mass is 32.2. The van der Waals surface area contributed by atoms with Gasteiger partial charge < -0.3 is 9.64 Å². The molecule has 0 radical (unpaired) electrons. The Balaban J connectivity index is 1.67. The van der Waals surface area contributed by atoms with E-state index < -0.39 is 0 Å². The molecule has 2 saturated heterocycles. The number of thioether (sulfide) groups is 1. The first-order chi connectivity index (χ1) is 11.6. The van der Waals surface area contributed by atoms with Crippen molar-refractivity contribution in [3.05, 3.63) is 34.7 Å². The molecule has 2 aliphatic rings. The lowest BCUT2D eigenvalue weighted by Gasteiger charge is -2.29. The van der Waals surface area contributed by atoms with Gasteiger partial charge in [0.25, 0.3) is 5.91 Å². The highest BCUT2D eigenvalue weighted by Crippen LogP contribution is 2.32. The molecule has 0 bridgehead atoms.